The molecule has 1 saturated heterocycles. The largest absolute Gasteiger partial charge is 0.353 e. The number of nitrogens with zero attached hydrogens (tertiary/aromatic N) is 2. The van der Waals surface area contributed by atoms with Gasteiger partial charge >= 0.3 is 0 Å². The molecule has 2 N–H and O–H groups in total. The van der Waals surface area contributed by atoms with E-state index in [1.54, 1.807) is 6.20 Å². The first-order valence-electron chi connectivity index (χ1n) is 10.7. The summed E-state index contributed by atoms with van der Waals surface area (Å²) in [4.78, 5) is 32.0. The van der Waals surface area contributed by atoms with Gasteiger partial charge in [0.1, 0.15) is 0 Å². The summed E-state index contributed by atoms with van der Waals surface area (Å²) < 4.78 is 0. The first kappa shape index (κ1) is 21.2. The number of aromatic nitrogens is 1. The lowest BCUT2D eigenvalue weighted by molar-refractivity contribution is -0.126. The van der Waals surface area contributed by atoms with E-state index in [0.29, 0.717) is 24.0 Å². The molecule has 1 aliphatic heterocycles. The Hall–Kier alpha value is -1.47. The predicted molar refractivity (Wildman–Crippen MR) is 113 cm³/mol. The number of anilines is 1. The molecule has 1 aliphatic carbocycles. The zero-order valence-corrected chi connectivity index (χ0v) is 18.0. The molecule has 2 fully saturated rings. The standard InChI is InChI=1S/C21H34N4O2S/c1-16(2)25-11-6-17(7-12-25)23-18(26)14-21(8-4-3-5-9-21)15-19(27)24-20-22-10-13-28-20/h10,13,16-17H,3-9,11-12,14-15H2,1-2H3,(H,23,26)(H,22,24,27). The van der Waals surface area contributed by atoms with Gasteiger partial charge in [-0.3, -0.25) is 9.59 Å². The lowest BCUT2D eigenvalue weighted by atomic mass is 9.69. The van der Waals surface area contributed by atoms with Crippen LogP contribution in [0.25, 0.3) is 0 Å². The second-order valence-corrected chi connectivity index (χ2v) is 9.67. The first-order chi connectivity index (χ1) is 13.5. The summed E-state index contributed by atoms with van der Waals surface area (Å²) in [6, 6.07) is 0.839. The number of thiazole rings is 1. The third-order valence-corrected chi connectivity index (χ3v) is 6.98. The van der Waals surface area contributed by atoms with Crippen molar-refractivity contribution in [2.24, 2.45) is 5.41 Å². The number of likely N-dealkylation sites (tertiary alicyclic amines) is 1. The molecule has 0 spiro atoms. The molecule has 1 aromatic rings. The summed E-state index contributed by atoms with van der Waals surface area (Å²) in [5.74, 6) is 0.0989. The van der Waals surface area contributed by atoms with Crippen LogP contribution >= 0.6 is 11.3 Å². The molecule has 0 bridgehead atoms. The minimum Gasteiger partial charge on any atom is -0.353 e. The van der Waals surface area contributed by atoms with Crippen molar-refractivity contribution in [3.8, 4) is 0 Å². The predicted octanol–water partition coefficient (Wildman–Crippen LogP) is 3.80. The molecular weight excluding hydrogens is 372 g/mol. The van der Waals surface area contributed by atoms with Gasteiger partial charge in [-0.05, 0) is 44.9 Å². The monoisotopic (exact) mass is 406 g/mol. The molecule has 0 unspecified atom stereocenters. The van der Waals surface area contributed by atoms with Crippen molar-refractivity contribution in [2.45, 2.75) is 83.7 Å². The van der Waals surface area contributed by atoms with E-state index in [2.05, 4.69) is 34.4 Å². The number of nitrogens with one attached hydrogen (secondary N) is 2. The fourth-order valence-corrected chi connectivity index (χ4v) is 5.23. The number of amides is 2. The minimum absolute atomic E-state index is 0.0186. The van der Waals surface area contributed by atoms with E-state index in [0.717, 1.165) is 51.6 Å². The molecule has 1 aromatic heterocycles. The molecule has 0 radical (unpaired) electrons. The van der Waals surface area contributed by atoms with Crippen LogP contribution in [0, 0.1) is 5.41 Å². The Labute approximate surface area is 172 Å². The van der Waals surface area contributed by atoms with Crippen molar-refractivity contribution < 1.29 is 9.59 Å². The van der Waals surface area contributed by atoms with Crippen LogP contribution in [0.1, 0.15) is 71.6 Å². The minimum atomic E-state index is -0.206. The van der Waals surface area contributed by atoms with E-state index >= 15 is 0 Å². The van der Waals surface area contributed by atoms with E-state index in [4.69, 9.17) is 0 Å². The van der Waals surface area contributed by atoms with Crippen LogP contribution in [0.4, 0.5) is 5.13 Å². The van der Waals surface area contributed by atoms with Crippen molar-refractivity contribution in [3.05, 3.63) is 11.6 Å². The average molecular weight is 407 g/mol. The van der Waals surface area contributed by atoms with Gasteiger partial charge in [-0.2, -0.15) is 0 Å². The van der Waals surface area contributed by atoms with Crippen molar-refractivity contribution >= 4 is 28.3 Å². The number of carbonyl (C=O) groups excluding carboxylic acids is 2. The molecule has 7 heteroatoms. The highest BCUT2D eigenvalue weighted by Gasteiger charge is 2.37. The Morgan fingerprint density at radius 3 is 2.46 bits per heavy atom. The van der Waals surface area contributed by atoms with Gasteiger partial charge in [-0.15, -0.1) is 11.3 Å². The Balaban J connectivity index is 1.53. The topological polar surface area (TPSA) is 74.3 Å². The third kappa shape index (κ3) is 6.01. The summed E-state index contributed by atoms with van der Waals surface area (Å²) in [5, 5.41) is 8.64. The summed E-state index contributed by atoms with van der Waals surface area (Å²) in [6.45, 7) is 6.54. The Morgan fingerprint density at radius 2 is 1.86 bits per heavy atom. The lowest BCUT2D eigenvalue weighted by Gasteiger charge is -2.38. The molecule has 28 heavy (non-hydrogen) atoms. The molecule has 156 valence electrons. The normalized spacial score (nSPS) is 20.8. The Bertz CT molecular complexity index is 633. The van der Waals surface area contributed by atoms with Crippen molar-refractivity contribution in [1.82, 2.24) is 15.2 Å². The number of hydrogen-bond donors (Lipinski definition) is 2. The number of piperidine rings is 1. The summed E-state index contributed by atoms with van der Waals surface area (Å²) in [5.41, 5.74) is -0.206. The Kier molecular flexibility index (Phi) is 7.46. The van der Waals surface area contributed by atoms with Gasteiger partial charge in [0.25, 0.3) is 0 Å². The van der Waals surface area contributed by atoms with Crippen molar-refractivity contribution in [3.63, 3.8) is 0 Å². The van der Waals surface area contributed by atoms with Crippen LogP contribution in [0.2, 0.25) is 0 Å². The number of hydrogen-bond acceptors (Lipinski definition) is 5. The highest BCUT2D eigenvalue weighted by Crippen LogP contribution is 2.42. The summed E-state index contributed by atoms with van der Waals surface area (Å²) in [6.07, 6.45) is 9.90. The van der Waals surface area contributed by atoms with Gasteiger partial charge in [0.05, 0.1) is 0 Å². The fraction of sp³-hybridized carbons (Fsp3) is 0.762. The number of rotatable bonds is 7. The average Bonchev–Trinajstić information content (AvgIpc) is 3.15. The zero-order chi connectivity index (χ0) is 20.0. The summed E-state index contributed by atoms with van der Waals surface area (Å²) in [7, 11) is 0. The smallest absolute Gasteiger partial charge is 0.226 e. The van der Waals surface area contributed by atoms with Crippen LogP contribution in [-0.4, -0.2) is 46.9 Å². The van der Waals surface area contributed by atoms with Gasteiger partial charge in [-0.25, -0.2) is 4.98 Å². The SMILES string of the molecule is CC(C)N1CCC(NC(=O)CC2(CC(=O)Nc3nccs3)CCCCC2)CC1. The molecule has 2 amide bonds. The zero-order valence-electron chi connectivity index (χ0n) is 17.2. The first-order valence-corrected chi connectivity index (χ1v) is 11.6. The molecule has 1 saturated carbocycles. The quantitative estimate of drug-likeness (QED) is 0.722. The van der Waals surface area contributed by atoms with Crippen LogP contribution in [-0.2, 0) is 9.59 Å². The molecule has 6 nitrogen and oxygen atoms in total. The van der Waals surface area contributed by atoms with Gasteiger partial charge < -0.3 is 15.5 Å². The highest BCUT2D eigenvalue weighted by molar-refractivity contribution is 7.13. The third-order valence-electron chi connectivity index (χ3n) is 6.29. The van der Waals surface area contributed by atoms with E-state index in [9.17, 15) is 9.59 Å². The van der Waals surface area contributed by atoms with Crippen molar-refractivity contribution in [1.29, 1.82) is 0 Å². The lowest BCUT2D eigenvalue weighted by Crippen LogP contribution is -2.47. The van der Waals surface area contributed by atoms with E-state index in [-0.39, 0.29) is 23.3 Å². The van der Waals surface area contributed by atoms with Gasteiger partial charge in [0.2, 0.25) is 11.8 Å². The second kappa shape index (κ2) is 9.83. The fourth-order valence-electron chi connectivity index (χ4n) is 4.69. The van der Waals surface area contributed by atoms with Crippen LogP contribution in [0.3, 0.4) is 0 Å². The molecule has 0 aromatic carbocycles. The second-order valence-electron chi connectivity index (χ2n) is 8.77. The maximum absolute atomic E-state index is 12.8. The maximum atomic E-state index is 12.8. The Morgan fingerprint density at radius 1 is 1.18 bits per heavy atom. The van der Waals surface area contributed by atoms with Gasteiger partial charge in [0.15, 0.2) is 5.13 Å². The van der Waals surface area contributed by atoms with E-state index < -0.39 is 0 Å². The van der Waals surface area contributed by atoms with Crippen LogP contribution in [0.15, 0.2) is 11.6 Å². The summed E-state index contributed by atoms with van der Waals surface area (Å²) >= 11 is 1.43. The van der Waals surface area contributed by atoms with Gasteiger partial charge in [0, 0.05) is 49.6 Å². The number of carbonyl (C=O) groups is 2. The molecule has 2 aliphatic rings. The maximum Gasteiger partial charge on any atom is 0.226 e. The van der Waals surface area contributed by atoms with Gasteiger partial charge in [-0.1, -0.05) is 19.3 Å². The van der Waals surface area contributed by atoms with Crippen LogP contribution in [0.5, 0.6) is 0 Å². The molecule has 3 rings (SSSR count). The van der Waals surface area contributed by atoms with Crippen LogP contribution < -0.4 is 10.6 Å². The molecular formula is C21H34N4O2S. The molecule has 0 atom stereocenters. The van der Waals surface area contributed by atoms with E-state index in [1.165, 1.54) is 17.8 Å². The molecule has 2 heterocycles. The van der Waals surface area contributed by atoms with Crippen molar-refractivity contribution in [2.75, 3.05) is 18.4 Å². The highest BCUT2D eigenvalue weighted by atomic mass is 32.1. The van der Waals surface area contributed by atoms with E-state index in [1.807, 2.05) is 5.38 Å².